The summed E-state index contributed by atoms with van der Waals surface area (Å²) < 4.78 is 7.81. The van der Waals surface area contributed by atoms with Gasteiger partial charge in [-0.1, -0.05) is 72.5 Å². The van der Waals surface area contributed by atoms with Gasteiger partial charge in [-0.25, -0.2) is 4.68 Å². The second-order valence-corrected chi connectivity index (χ2v) is 9.22. The maximum atomic E-state index is 6.59. The van der Waals surface area contributed by atoms with Crippen molar-refractivity contribution < 1.29 is 4.42 Å². The third kappa shape index (κ3) is 4.87. The summed E-state index contributed by atoms with van der Waals surface area (Å²) >= 11 is 6.59. The molecule has 0 saturated heterocycles. The smallest absolute Gasteiger partial charge is 0.173 e. The largest absolute Gasteiger partial charge is 0.468 e. The zero-order valence-corrected chi connectivity index (χ0v) is 19.5. The maximum absolute atomic E-state index is 6.59. The molecule has 2 heterocycles. The highest BCUT2D eigenvalue weighted by Gasteiger charge is 2.32. The zero-order valence-electron chi connectivity index (χ0n) is 18.8. The van der Waals surface area contributed by atoms with Gasteiger partial charge in [0.15, 0.2) is 5.82 Å². The molecular formula is C26H28ClN5O. The minimum atomic E-state index is -0.150. The van der Waals surface area contributed by atoms with E-state index in [1.165, 1.54) is 18.4 Å². The van der Waals surface area contributed by atoms with Crippen LogP contribution in [0.4, 0.5) is 0 Å². The molecule has 1 aliphatic rings. The molecule has 2 aromatic heterocycles. The molecule has 4 aromatic rings. The lowest BCUT2D eigenvalue weighted by atomic mass is 10.0. The first kappa shape index (κ1) is 21.9. The fourth-order valence-electron chi connectivity index (χ4n) is 4.75. The first-order chi connectivity index (χ1) is 16.2. The minimum Gasteiger partial charge on any atom is -0.468 e. The van der Waals surface area contributed by atoms with Crippen molar-refractivity contribution in [3.8, 4) is 0 Å². The van der Waals surface area contributed by atoms with Gasteiger partial charge in [-0.2, -0.15) is 0 Å². The highest BCUT2D eigenvalue weighted by atomic mass is 35.5. The standard InChI is InChI=1S/C26H28ClN5O/c1-19-12-14-20(15-13-19)25(26-28-29-30-32(26)22-8-3-4-9-22)31(18-23-10-6-16-33-23)17-21-7-2-5-11-24(21)27/h2,5-7,10-16,22,25H,3-4,8-9,17-18H2,1H3/t25-/m1/s1. The molecule has 0 radical (unpaired) electrons. The van der Waals surface area contributed by atoms with Crippen molar-refractivity contribution >= 4 is 11.6 Å². The van der Waals surface area contributed by atoms with Gasteiger partial charge in [-0.05, 0) is 59.5 Å². The number of furan rings is 1. The lowest BCUT2D eigenvalue weighted by molar-refractivity contribution is 0.177. The molecular weight excluding hydrogens is 434 g/mol. The Kier molecular flexibility index (Phi) is 6.55. The van der Waals surface area contributed by atoms with Gasteiger partial charge in [0.1, 0.15) is 5.76 Å². The quantitative estimate of drug-likeness (QED) is 0.315. The van der Waals surface area contributed by atoms with Crippen molar-refractivity contribution in [3.05, 3.63) is 100 Å². The molecule has 0 spiro atoms. The average Bonchev–Trinajstić information content (AvgIpc) is 3.60. The van der Waals surface area contributed by atoms with E-state index in [4.69, 9.17) is 16.0 Å². The monoisotopic (exact) mass is 461 g/mol. The number of aromatic nitrogens is 4. The summed E-state index contributed by atoms with van der Waals surface area (Å²) in [6.07, 6.45) is 6.37. The molecule has 6 nitrogen and oxygen atoms in total. The molecule has 7 heteroatoms. The summed E-state index contributed by atoms with van der Waals surface area (Å²) in [5.41, 5.74) is 3.42. The molecule has 0 aliphatic heterocycles. The van der Waals surface area contributed by atoms with E-state index in [9.17, 15) is 0 Å². The van der Waals surface area contributed by atoms with Crippen molar-refractivity contribution in [3.63, 3.8) is 0 Å². The highest BCUT2D eigenvalue weighted by Crippen LogP contribution is 2.36. The highest BCUT2D eigenvalue weighted by molar-refractivity contribution is 6.31. The molecule has 33 heavy (non-hydrogen) atoms. The topological polar surface area (TPSA) is 60.0 Å². The van der Waals surface area contributed by atoms with Crippen LogP contribution in [0.25, 0.3) is 0 Å². The van der Waals surface area contributed by atoms with Gasteiger partial charge in [0.05, 0.1) is 24.9 Å². The van der Waals surface area contributed by atoms with E-state index in [1.54, 1.807) is 6.26 Å². The van der Waals surface area contributed by atoms with Gasteiger partial charge in [0.2, 0.25) is 0 Å². The molecule has 170 valence electrons. The predicted octanol–water partition coefficient (Wildman–Crippen LogP) is 6.13. The molecule has 0 N–H and O–H groups in total. The summed E-state index contributed by atoms with van der Waals surface area (Å²) in [4.78, 5) is 2.35. The molecule has 2 aromatic carbocycles. The number of nitrogens with zero attached hydrogens (tertiary/aromatic N) is 5. The molecule has 5 rings (SSSR count). The van der Waals surface area contributed by atoms with Crippen LogP contribution in [0.1, 0.15) is 66.0 Å². The van der Waals surface area contributed by atoms with Crippen molar-refractivity contribution in [2.75, 3.05) is 0 Å². The van der Waals surface area contributed by atoms with E-state index in [2.05, 4.69) is 62.4 Å². The fourth-order valence-corrected chi connectivity index (χ4v) is 4.94. The number of tetrazole rings is 1. The third-order valence-electron chi connectivity index (χ3n) is 6.46. The Labute approximate surface area is 199 Å². The Morgan fingerprint density at radius 1 is 1.03 bits per heavy atom. The Morgan fingerprint density at radius 2 is 1.82 bits per heavy atom. The van der Waals surface area contributed by atoms with Gasteiger partial charge < -0.3 is 4.42 Å². The van der Waals surface area contributed by atoms with E-state index in [-0.39, 0.29) is 6.04 Å². The summed E-state index contributed by atoms with van der Waals surface area (Å²) in [5, 5.41) is 13.9. The number of aryl methyl sites for hydroxylation is 1. The first-order valence-electron chi connectivity index (χ1n) is 11.5. The van der Waals surface area contributed by atoms with Crippen LogP contribution < -0.4 is 0 Å². The van der Waals surface area contributed by atoms with E-state index >= 15 is 0 Å². The Hall–Kier alpha value is -2.96. The normalized spacial score (nSPS) is 15.4. The van der Waals surface area contributed by atoms with Crippen LogP contribution in [0.2, 0.25) is 5.02 Å². The van der Waals surface area contributed by atoms with Crippen molar-refractivity contribution in [2.45, 2.75) is 57.8 Å². The van der Waals surface area contributed by atoms with Crippen LogP contribution >= 0.6 is 11.6 Å². The van der Waals surface area contributed by atoms with Crippen LogP contribution in [0.5, 0.6) is 0 Å². The Bertz CT molecular complexity index is 1170. The van der Waals surface area contributed by atoms with Crippen LogP contribution in [-0.2, 0) is 13.1 Å². The van der Waals surface area contributed by atoms with Gasteiger partial charge in [-0.3, -0.25) is 4.90 Å². The van der Waals surface area contributed by atoms with Gasteiger partial charge in [0.25, 0.3) is 0 Å². The molecule has 1 fully saturated rings. The Morgan fingerprint density at radius 3 is 2.55 bits per heavy atom. The number of benzene rings is 2. The summed E-state index contributed by atoms with van der Waals surface area (Å²) in [7, 11) is 0. The SMILES string of the molecule is Cc1ccc([C@H](c2nnnn2C2CCCC2)N(Cc2ccco2)Cc2ccccc2Cl)cc1. The minimum absolute atomic E-state index is 0.150. The van der Waals surface area contributed by atoms with Crippen LogP contribution in [0.3, 0.4) is 0 Å². The van der Waals surface area contributed by atoms with E-state index in [0.717, 1.165) is 40.6 Å². The van der Waals surface area contributed by atoms with Gasteiger partial charge in [-0.15, -0.1) is 5.10 Å². The first-order valence-corrected chi connectivity index (χ1v) is 11.9. The molecule has 1 saturated carbocycles. The predicted molar refractivity (Wildman–Crippen MR) is 128 cm³/mol. The molecule has 0 bridgehead atoms. The van der Waals surface area contributed by atoms with Crippen LogP contribution in [0.15, 0.2) is 71.3 Å². The maximum Gasteiger partial charge on any atom is 0.173 e. The third-order valence-corrected chi connectivity index (χ3v) is 6.83. The lowest BCUT2D eigenvalue weighted by Crippen LogP contribution is -2.32. The molecule has 1 aliphatic carbocycles. The summed E-state index contributed by atoms with van der Waals surface area (Å²) in [6, 6.07) is 20.8. The number of rotatable bonds is 8. The number of hydrogen-bond acceptors (Lipinski definition) is 5. The van der Waals surface area contributed by atoms with Crippen molar-refractivity contribution in [2.24, 2.45) is 0 Å². The second kappa shape index (κ2) is 9.89. The lowest BCUT2D eigenvalue weighted by Gasteiger charge is -2.32. The average molecular weight is 462 g/mol. The summed E-state index contributed by atoms with van der Waals surface area (Å²) in [6.45, 7) is 3.34. The van der Waals surface area contributed by atoms with Crippen molar-refractivity contribution in [1.29, 1.82) is 0 Å². The second-order valence-electron chi connectivity index (χ2n) is 8.81. The van der Waals surface area contributed by atoms with E-state index < -0.39 is 0 Å². The van der Waals surface area contributed by atoms with E-state index in [1.807, 2.05) is 30.3 Å². The number of hydrogen-bond donors (Lipinski definition) is 0. The van der Waals surface area contributed by atoms with Gasteiger partial charge in [0, 0.05) is 11.6 Å². The Balaban J connectivity index is 1.60. The molecule has 0 amide bonds. The van der Waals surface area contributed by atoms with Crippen LogP contribution in [0, 0.1) is 6.92 Å². The van der Waals surface area contributed by atoms with Gasteiger partial charge >= 0.3 is 0 Å². The molecule has 0 unspecified atom stereocenters. The molecule has 1 atom stereocenters. The van der Waals surface area contributed by atoms with Crippen LogP contribution in [-0.4, -0.2) is 25.1 Å². The van der Waals surface area contributed by atoms with E-state index in [0.29, 0.717) is 19.1 Å². The fraction of sp³-hybridized carbons (Fsp3) is 0.346. The zero-order chi connectivity index (χ0) is 22.6. The number of halogens is 1. The summed E-state index contributed by atoms with van der Waals surface area (Å²) in [5.74, 6) is 1.75. The van der Waals surface area contributed by atoms with Crippen molar-refractivity contribution in [1.82, 2.24) is 25.1 Å².